The van der Waals surface area contributed by atoms with Crippen LogP contribution in [0.4, 0.5) is 5.69 Å². The quantitative estimate of drug-likeness (QED) is 0.858. The fourth-order valence-corrected chi connectivity index (χ4v) is 2.07. The second-order valence-corrected chi connectivity index (χ2v) is 5.31. The maximum atomic E-state index is 12.3. The first kappa shape index (κ1) is 15.3. The van der Waals surface area contributed by atoms with Crippen LogP contribution < -0.4 is 5.32 Å². The molecular formula is C16H14BrNO3. The van der Waals surface area contributed by atoms with Gasteiger partial charge in [0.2, 0.25) is 6.10 Å². The van der Waals surface area contributed by atoms with Gasteiger partial charge < -0.3 is 10.1 Å². The van der Waals surface area contributed by atoms with Gasteiger partial charge in [-0.15, -0.1) is 0 Å². The summed E-state index contributed by atoms with van der Waals surface area (Å²) in [5.74, 6) is -0.895. The Morgan fingerprint density at radius 3 is 2.24 bits per heavy atom. The SMILES string of the molecule is CC(=O)O[C@@H](C(=O)Nc1ccc(Br)cc1)c1ccccc1. The molecule has 0 aliphatic heterocycles. The van der Waals surface area contributed by atoms with Crippen molar-refractivity contribution in [3.05, 3.63) is 64.6 Å². The predicted octanol–water partition coefficient (Wildman–Crippen LogP) is 3.69. The highest BCUT2D eigenvalue weighted by Gasteiger charge is 2.23. The summed E-state index contributed by atoms with van der Waals surface area (Å²) in [5, 5.41) is 2.74. The Kier molecular flexibility index (Phi) is 5.11. The first-order chi connectivity index (χ1) is 10.1. The molecule has 0 bridgehead atoms. The van der Waals surface area contributed by atoms with Crippen molar-refractivity contribution in [3.8, 4) is 0 Å². The Labute approximate surface area is 131 Å². The summed E-state index contributed by atoms with van der Waals surface area (Å²) in [5.41, 5.74) is 1.26. The van der Waals surface area contributed by atoms with Crippen molar-refractivity contribution in [2.24, 2.45) is 0 Å². The maximum absolute atomic E-state index is 12.3. The van der Waals surface area contributed by atoms with E-state index >= 15 is 0 Å². The van der Waals surface area contributed by atoms with Crippen molar-refractivity contribution >= 4 is 33.5 Å². The lowest BCUT2D eigenvalue weighted by atomic mass is 10.1. The van der Waals surface area contributed by atoms with E-state index < -0.39 is 18.0 Å². The number of hydrogen-bond acceptors (Lipinski definition) is 3. The van der Waals surface area contributed by atoms with Gasteiger partial charge in [0.15, 0.2) is 0 Å². The molecular weight excluding hydrogens is 334 g/mol. The Hall–Kier alpha value is -2.14. The molecule has 0 heterocycles. The zero-order valence-corrected chi connectivity index (χ0v) is 13.0. The minimum absolute atomic E-state index is 0.390. The lowest BCUT2D eigenvalue weighted by molar-refractivity contribution is -0.152. The van der Waals surface area contributed by atoms with Crippen LogP contribution in [0.1, 0.15) is 18.6 Å². The molecule has 0 saturated heterocycles. The molecule has 0 spiro atoms. The number of carbonyl (C=O) groups is 2. The summed E-state index contributed by atoms with van der Waals surface area (Å²) in [4.78, 5) is 23.6. The van der Waals surface area contributed by atoms with E-state index in [1.165, 1.54) is 6.92 Å². The molecule has 2 aromatic rings. The van der Waals surface area contributed by atoms with Crippen molar-refractivity contribution in [1.29, 1.82) is 0 Å². The number of benzene rings is 2. The van der Waals surface area contributed by atoms with Gasteiger partial charge in [-0.05, 0) is 24.3 Å². The third-order valence-corrected chi connectivity index (χ3v) is 3.26. The largest absolute Gasteiger partial charge is 0.447 e. The second-order valence-electron chi connectivity index (χ2n) is 4.40. The number of ether oxygens (including phenoxy) is 1. The molecule has 0 unspecified atom stereocenters. The molecule has 2 rings (SSSR count). The summed E-state index contributed by atoms with van der Waals surface area (Å²) in [7, 11) is 0. The third kappa shape index (κ3) is 4.43. The number of amides is 1. The highest BCUT2D eigenvalue weighted by atomic mass is 79.9. The lowest BCUT2D eigenvalue weighted by Gasteiger charge is -2.17. The normalized spacial score (nSPS) is 11.5. The highest BCUT2D eigenvalue weighted by Crippen LogP contribution is 2.21. The first-order valence-corrected chi connectivity index (χ1v) is 7.14. The molecule has 1 N–H and O–H groups in total. The molecule has 1 atom stereocenters. The number of halogens is 1. The van der Waals surface area contributed by atoms with E-state index in [2.05, 4.69) is 21.2 Å². The standard InChI is InChI=1S/C16H14BrNO3/c1-11(19)21-15(12-5-3-2-4-6-12)16(20)18-14-9-7-13(17)8-10-14/h2-10,15H,1H3,(H,18,20)/t15-/m1/s1. The average molecular weight is 348 g/mol. The van der Waals surface area contributed by atoms with Gasteiger partial charge in [-0.2, -0.15) is 0 Å². The van der Waals surface area contributed by atoms with Crippen LogP contribution in [0.3, 0.4) is 0 Å². The molecule has 0 radical (unpaired) electrons. The molecule has 1 amide bonds. The molecule has 108 valence electrons. The third-order valence-electron chi connectivity index (χ3n) is 2.74. The molecule has 0 aliphatic carbocycles. The van der Waals surface area contributed by atoms with Crippen molar-refractivity contribution in [2.75, 3.05) is 5.32 Å². The van der Waals surface area contributed by atoms with Crippen molar-refractivity contribution in [3.63, 3.8) is 0 Å². The van der Waals surface area contributed by atoms with E-state index in [1.807, 2.05) is 18.2 Å². The smallest absolute Gasteiger partial charge is 0.303 e. The zero-order valence-electron chi connectivity index (χ0n) is 11.4. The van der Waals surface area contributed by atoms with Gasteiger partial charge in [-0.25, -0.2) is 0 Å². The predicted molar refractivity (Wildman–Crippen MR) is 83.7 cm³/mol. The minimum Gasteiger partial charge on any atom is -0.447 e. The van der Waals surface area contributed by atoms with Crippen LogP contribution in [-0.2, 0) is 14.3 Å². The van der Waals surface area contributed by atoms with Gasteiger partial charge >= 0.3 is 5.97 Å². The summed E-state index contributed by atoms with van der Waals surface area (Å²) in [6, 6.07) is 16.1. The van der Waals surface area contributed by atoms with Gasteiger partial charge in [-0.3, -0.25) is 9.59 Å². The Morgan fingerprint density at radius 1 is 1.05 bits per heavy atom. The van der Waals surface area contributed by atoms with Crippen molar-refractivity contribution in [1.82, 2.24) is 0 Å². The van der Waals surface area contributed by atoms with Crippen LogP contribution in [0.2, 0.25) is 0 Å². The molecule has 0 fully saturated rings. The molecule has 4 nitrogen and oxygen atoms in total. The van der Waals surface area contributed by atoms with Crippen LogP contribution in [0.15, 0.2) is 59.1 Å². The van der Waals surface area contributed by atoms with Crippen LogP contribution in [0.5, 0.6) is 0 Å². The molecule has 2 aromatic carbocycles. The Balaban J connectivity index is 2.18. The summed E-state index contributed by atoms with van der Waals surface area (Å²) < 4.78 is 6.05. The van der Waals surface area contributed by atoms with Gasteiger partial charge in [-0.1, -0.05) is 46.3 Å². The van der Waals surface area contributed by atoms with Crippen LogP contribution in [-0.4, -0.2) is 11.9 Å². The summed E-state index contributed by atoms with van der Waals surface area (Å²) in [6.45, 7) is 1.28. The van der Waals surface area contributed by atoms with Crippen LogP contribution >= 0.6 is 15.9 Å². The van der Waals surface area contributed by atoms with Gasteiger partial charge in [0.1, 0.15) is 0 Å². The highest BCUT2D eigenvalue weighted by molar-refractivity contribution is 9.10. The number of rotatable bonds is 4. The van der Waals surface area contributed by atoms with E-state index in [0.29, 0.717) is 11.3 Å². The number of nitrogens with one attached hydrogen (secondary N) is 1. The Morgan fingerprint density at radius 2 is 1.67 bits per heavy atom. The number of hydrogen-bond donors (Lipinski definition) is 1. The molecule has 0 saturated carbocycles. The van der Waals surface area contributed by atoms with Crippen LogP contribution in [0.25, 0.3) is 0 Å². The molecule has 0 aromatic heterocycles. The fourth-order valence-electron chi connectivity index (χ4n) is 1.81. The number of anilines is 1. The molecule has 5 heteroatoms. The summed E-state index contributed by atoms with van der Waals surface area (Å²) >= 11 is 3.33. The van der Waals surface area contributed by atoms with Gasteiger partial charge in [0, 0.05) is 22.6 Å². The Bertz CT molecular complexity index is 626. The topological polar surface area (TPSA) is 55.4 Å². The van der Waals surface area contributed by atoms with E-state index in [0.717, 1.165) is 4.47 Å². The second kappa shape index (κ2) is 7.04. The van der Waals surface area contributed by atoms with Gasteiger partial charge in [0.25, 0.3) is 5.91 Å². The van der Waals surface area contributed by atoms with Crippen molar-refractivity contribution in [2.45, 2.75) is 13.0 Å². The molecule has 21 heavy (non-hydrogen) atoms. The van der Waals surface area contributed by atoms with Gasteiger partial charge in [0.05, 0.1) is 0 Å². The summed E-state index contributed by atoms with van der Waals surface area (Å²) in [6.07, 6.45) is -0.965. The van der Waals surface area contributed by atoms with E-state index in [4.69, 9.17) is 4.74 Å². The maximum Gasteiger partial charge on any atom is 0.303 e. The zero-order chi connectivity index (χ0) is 15.2. The van der Waals surface area contributed by atoms with E-state index in [9.17, 15) is 9.59 Å². The van der Waals surface area contributed by atoms with Crippen molar-refractivity contribution < 1.29 is 14.3 Å². The number of esters is 1. The van der Waals surface area contributed by atoms with E-state index in [-0.39, 0.29) is 0 Å². The minimum atomic E-state index is -0.965. The van der Waals surface area contributed by atoms with Crippen LogP contribution in [0, 0.1) is 0 Å². The fraction of sp³-hybridized carbons (Fsp3) is 0.125. The first-order valence-electron chi connectivity index (χ1n) is 6.35. The average Bonchev–Trinajstić information content (AvgIpc) is 2.48. The number of carbonyl (C=O) groups excluding carboxylic acids is 2. The monoisotopic (exact) mass is 347 g/mol. The lowest BCUT2D eigenvalue weighted by Crippen LogP contribution is -2.25. The molecule has 0 aliphatic rings. The van der Waals surface area contributed by atoms with E-state index in [1.54, 1.807) is 36.4 Å².